The lowest BCUT2D eigenvalue weighted by Gasteiger charge is -2.26. The molecule has 0 unspecified atom stereocenters. The van der Waals surface area contributed by atoms with E-state index in [0.29, 0.717) is 31.4 Å². The molecule has 2 atom stereocenters. The number of hydrogen-bond donors (Lipinski definition) is 2. The van der Waals surface area contributed by atoms with Gasteiger partial charge in [-0.2, -0.15) is 0 Å². The van der Waals surface area contributed by atoms with Gasteiger partial charge in [0.25, 0.3) is 5.91 Å². The number of carbonyl (C=O) groups is 3. The van der Waals surface area contributed by atoms with E-state index in [4.69, 9.17) is 0 Å². The van der Waals surface area contributed by atoms with Crippen molar-refractivity contribution in [3.05, 3.63) is 35.1 Å². The van der Waals surface area contributed by atoms with E-state index in [1.165, 1.54) is 6.07 Å². The maximum atomic E-state index is 13.4. The number of rotatable bonds is 5. The maximum Gasteiger partial charge on any atom is 0.251 e. The number of hydrogen-bond acceptors (Lipinski definition) is 3. The van der Waals surface area contributed by atoms with Crippen molar-refractivity contribution in [2.45, 2.75) is 33.1 Å². The summed E-state index contributed by atoms with van der Waals surface area (Å²) in [6, 6.07) is 4.31. The number of aryl methyl sites for hydroxylation is 1. The van der Waals surface area contributed by atoms with Crippen LogP contribution >= 0.6 is 0 Å². The summed E-state index contributed by atoms with van der Waals surface area (Å²) >= 11 is 0. The number of Topliss-reactive ketones (excluding diaryl/α,β-unsaturated/α-hetero) is 1. The molecule has 0 spiro atoms. The van der Waals surface area contributed by atoms with Crippen molar-refractivity contribution < 1.29 is 18.8 Å². The van der Waals surface area contributed by atoms with E-state index in [2.05, 4.69) is 10.6 Å². The fourth-order valence-corrected chi connectivity index (χ4v) is 2.92. The fraction of sp³-hybridized carbons (Fsp3) is 0.500. The van der Waals surface area contributed by atoms with E-state index in [0.717, 1.165) is 0 Å². The lowest BCUT2D eigenvalue weighted by molar-refractivity contribution is -0.130. The van der Waals surface area contributed by atoms with Gasteiger partial charge in [0.2, 0.25) is 5.91 Å². The highest BCUT2D eigenvalue weighted by molar-refractivity contribution is 5.94. The molecule has 5 nitrogen and oxygen atoms in total. The molecule has 0 saturated heterocycles. The van der Waals surface area contributed by atoms with Crippen LogP contribution in [0.1, 0.15) is 42.1 Å². The molecule has 2 amide bonds. The summed E-state index contributed by atoms with van der Waals surface area (Å²) in [5.74, 6) is -0.757. The van der Waals surface area contributed by atoms with Gasteiger partial charge in [0.05, 0.1) is 0 Å². The van der Waals surface area contributed by atoms with E-state index in [-0.39, 0.29) is 41.5 Å². The lowest BCUT2D eigenvalue weighted by atomic mass is 9.79. The quantitative estimate of drug-likeness (QED) is 0.809. The van der Waals surface area contributed by atoms with E-state index in [1.807, 2.05) is 6.92 Å². The molecule has 1 aromatic rings. The van der Waals surface area contributed by atoms with Crippen molar-refractivity contribution in [3.8, 4) is 0 Å². The Labute approximate surface area is 141 Å². The Bertz CT molecular complexity index is 645. The Morgan fingerprint density at radius 3 is 2.62 bits per heavy atom. The largest absolute Gasteiger partial charge is 0.354 e. The van der Waals surface area contributed by atoms with Crippen LogP contribution in [-0.4, -0.2) is 30.7 Å². The van der Waals surface area contributed by atoms with E-state index >= 15 is 0 Å². The molecule has 0 aliphatic heterocycles. The van der Waals surface area contributed by atoms with Gasteiger partial charge in [0.1, 0.15) is 11.6 Å². The van der Waals surface area contributed by atoms with Crippen LogP contribution in [-0.2, 0) is 9.59 Å². The van der Waals surface area contributed by atoms with Gasteiger partial charge < -0.3 is 10.6 Å². The molecule has 0 bridgehead atoms. The monoisotopic (exact) mass is 334 g/mol. The molecule has 24 heavy (non-hydrogen) atoms. The van der Waals surface area contributed by atoms with Crippen LogP contribution in [0, 0.1) is 24.6 Å². The van der Waals surface area contributed by atoms with Crippen molar-refractivity contribution in [2.75, 3.05) is 13.1 Å². The predicted octanol–water partition coefficient (Wildman–Crippen LogP) is 1.99. The van der Waals surface area contributed by atoms with Crippen molar-refractivity contribution in [1.82, 2.24) is 10.6 Å². The second-order valence-corrected chi connectivity index (χ2v) is 6.38. The number of halogens is 1. The van der Waals surface area contributed by atoms with Gasteiger partial charge in [-0.1, -0.05) is 13.0 Å². The average Bonchev–Trinajstić information content (AvgIpc) is 2.53. The summed E-state index contributed by atoms with van der Waals surface area (Å²) in [7, 11) is 0. The molecular formula is C18H23FN2O3. The van der Waals surface area contributed by atoms with E-state index < -0.39 is 5.82 Å². The molecule has 1 fully saturated rings. The standard InChI is InChI=1S/C18H23FN2O3/c1-11-3-4-13(10-16(11)19)17(23)20-7-8-21-18(24)15-6-5-14(22)9-12(15)2/h3-4,10,12,15H,5-9H2,1-2H3,(H,20,23)(H,21,24)/t12-,15-/m1/s1. The first-order valence-electron chi connectivity index (χ1n) is 8.22. The molecule has 2 N–H and O–H groups in total. The first kappa shape index (κ1) is 18.1. The summed E-state index contributed by atoms with van der Waals surface area (Å²) in [4.78, 5) is 35.4. The third kappa shape index (κ3) is 4.63. The molecule has 0 aromatic heterocycles. The number of nitrogens with one attached hydrogen (secondary N) is 2. The van der Waals surface area contributed by atoms with Crippen LogP contribution in [0.2, 0.25) is 0 Å². The number of benzene rings is 1. The van der Waals surface area contributed by atoms with Gasteiger partial charge in [0.15, 0.2) is 0 Å². The third-order valence-corrected chi connectivity index (χ3v) is 4.45. The molecule has 1 saturated carbocycles. The van der Waals surface area contributed by atoms with Gasteiger partial charge in [-0.25, -0.2) is 4.39 Å². The van der Waals surface area contributed by atoms with Crippen molar-refractivity contribution in [2.24, 2.45) is 11.8 Å². The molecule has 1 aromatic carbocycles. The Balaban J connectivity index is 1.74. The molecule has 6 heteroatoms. The summed E-state index contributed by atoms with van der Waals surface area (Å²) < 4.78 is 13.4. The highest BCUT2D eigenvalue weighted by atomic mass is 19.1. The first-order chi connectivity index (χ1) is 11.4. The predicted molar refractivity (Wildman–Crippen MR) is 88.0 cm³/mol. The number of carbonyl (C=O) groups excluding carboxylic acids is 3. The molecular weight excluding hydrogens is 311 g/mol. The smallest absolute Gasteiger partial charge is 0.251 e. The van der Waals surface area contributed by atoms with Gasteiger partial charge in [0, 0.05) is 37.4 Å². The Hall–Kier alpha value is -2.24. The van der Waals surface area contributed by atoms with Crippen LogP contribution in [0.4, 0.5) is 4.39 Å². The summed E-state index contributed by atoms with van der Waals surface area (Å²) in [6.45, 7) is 4.11. The second kappa shape index (κ2) is 8.04. The van der Waals surface area contributed by atoms with Gasteiger partial charge in [-0.05, 0) is 37.0 Å². The SMILES string of the molecule is Cc1ccc(C(=O)NCCNC(=O)[C@@H]2CCC(=O)C[C@H]2C)cc1F. The highest BCUT2D eigenvalue weighted by Gasteiger charge is 2.30. The zero-order chi connectivity index (χ0) is 17.7. The molecule has 0 heterocycles. The Morgan fingerprint density at radius 1 is 1.25 bits per heavy atom. The van der Waals surface area contributed by atoms with Crippen LogP contribution in [0.3, 0.4) is 0 Å². The molecule has 0 radical (unpaired) electrons. The summed E-state index contributed by atoms with van der Waals surface area (Å²) in [5.41, 5.74) is 0.739. The van der Waals surface area contributed by atoms with Gasteiger partial charge in [-0.3, -0.25) is 14.4 Å². The van der Waals surface area contributed by atoms with Crippen molar-refractivity contribution in [1.29, 1.82) is 0 Å². The number of amides is 2. The normalized spacial score (nSPS) is 20.5. The fourth-order valence-electron chi connectivity index (χ4n) is 2.92. The van der Waals surface area contributed by atoms with Crippen LogP contribution in [0.15, 0.2) is 18.2 Å². The van der Waals surface area contributed by atoms with Crippen LogP contribution < -0.4 is 10.6 Å². The van der Waals surface area contributed by atoms with Crippen molar-refractivity contribution in [3.63, 3.8) is 0 Å². The van der Waals surface area contributed by atoms with Gasteiger partial charge in [-0.15, -0.1) is 0 Å². The molecule has 130 valence electrons. The topological polar surface area (TPSA) is 75.3 Å². The molecule has 2 rings (SSSR count). The van der Waals surface area contributed by atoms with E-state index in [9.17, 15) is 18.8 Å². The highest BCUT2D eigenvalue weighted by Crippen LogP contribution is 2.27. The molecule has 1 aliphatic carbocycles. The Kier molecular flexibility index (Phi) is 6.06. The maximum absolute atomic E-state index is 13.4. The lowest BCUT2D eigenvalue weighted by Crippen LogP contribution is -2.41. The van der Waals surface area contributed by atoms with Crippen LogP contribution in [0.25, 0.3) is 0 Å². The number of ketones is 1. The zero-order valence-electron chi connectivity index (χ0n) is 14.0. The van der Waals surface area contributed by atoms with Crippen LogP contribution in [0.5, 0.6) is 0 Å². The van der Waals surface area contributed by atoms with Crippen molar-refractivity contribution >= 4 is 17.6 Å². The van der Waals surface area contributed by atoms with Gasteiger partial charge >= 0.3 is 0 Å². The zero-order valence-corrected chi connectivity index (χ0v) is 14.0. The second-order valence-electron chi connectivity index (χ2n) is 6.38. The minimum absolute atomic E-state index is 0.0522. The third-order valence-electron chi connectivity index (χ3n) is 4.45. The average molecular weight is 334 g/mol. The molecule has 1 aliphatic rings. The summed E-state index contributed by atoms with van der Waals surface area (Å²) in [5, 5.41) is 5.43. The van der Waals surface area contributed by atoms with E-state index in [1.54, 1.807) is 19.1 Å². The Morgan fingerprint density at radius 2 is 1.96 bits per heavy atom. The summed E-state index contributed by atoms with van der Waals surface area (Å²) in [6.07, 6.45) is 1.49. The minimum Gasteiger partial charge on any atom is -0.354 e. The first-order valence-corrected chi connectivity index (χ1v) is 8.22. The minimum atomic E-state index is -0.420.